The van der Waals surface area contributed by atoms with Crippen LogP contribution in [-0.4, -0.2) is 27.7 Å². The molecule has 0 spiro atoms. The number of nitrogens with zero attached hydrogens (tertiary/aromatic N) is 2. The summed E-state index contributed by atoms with van der Waals surface area (Å²) in [5.41, 5.74) is 4.18. The summed E-state index contributed by atoms with van der Waals surface area (Å²) in [6, 6.07) is 11.5. The largest absolute Gasteiger partial charge is 0.326 e. The summed E-state index contributed by atoms with van der Waals surface area (Å²) in [5.74, 6) is -0.291. The Kier molecular flexibility index (Phi) is 4.01. The molecule has 26 heavy (non-hydrogen) atoms. The first-order valence-electron chi connectivity index (χ1n) is 8.27. The summed E-state index contributed by atoms with van der Waals surface area (Å²) in [4.78, 5) is 14.0. The van der Waals surface area contributed by atoms with Gasteiger partial charge in [0, 0.05) is 29.4 Å². The van der Waals surface area contributed by atoms with Crippen molar-refractivity contribution in [2.75, 3.05) is 11.9 Å². The normalized spacial score (nSPS) is 13.8. The lowest BCUT2D eigenvalue weighted by Gasteiger charge is -2.20. The molecule has 0 unspecified atom stereocenters. The fourth-order valence-corrected chi connectivity index (χ4v) is 2.84. The van der Waals surface area contributed by atoms with Gasteiger partial charge < -0.3 is 5.32 Å². The van der Waals surface area contributed by atoms with Crippen molar-refractivity contribution in [1.82, 2.24) is 15.1 Å². The van der Waals surface area contributed by atoms with Crippen LogP contribution in [0, 0.1) is 5.82 Å². The van der Waals surface area contributed by atoms with Gasteiger partial charge in [-0.3, -0.25) is 10.00 Å². The molecule has 1 aromatic heterocycles. The third kappa shape index (κ3) is 3.09. The molecule has 1 aliphatic rings. The predicted molar refractivity (Wildman–Crippen MR) is 100 cm³/mol. The zero-order chi connectivity index (χ0) is 18.1. The first-order valence-corrected chi connectivity index (χ1v) is 8.27. The third-order valence-electron chi connectivity index (χ3n) is 4.32. The van der Waals surface area contributed by atoms with Crippen molar-refractivity contribution in [3.8, 4) is 11.3 Å². The number of carbonyl (C=O) groups is 1. The highest BCUT2D eigenvalue weighted by molar-refractivity contribution is 5.98. The molecular weight excluding hydrogens is 331 g/mol. The van der Waals surface area contributed by atoms with Crippen molar-refractivity contribution in [1.29, 1.82) is 0 Å². The minimum atomic E-state index is -0.291. The van der Waals surface area contributed by atoms with E-state index in [4.69, 9.17) is 0 Å². The summed E-state index contributed by atoms with van der Waals surface area (Å²) in [7, 11) is 0. The molecule has 0 aliphatic carbocycles. The molecule has 130 valence electrons. The lowest BCUT2D eigenvalue weighted by Crippen LogP contribution is -2.31. The topological polar surface area (TPSA) is 61.0 Å². The molecule has 1 aliphatic heterocycles. The van der Waals surface area contributed by atoms with E-state index >= 15 is 0 Å². The number of aromatic amines is 1. The number of rotatable bonds is 2. The number of fused-ring (bicyclic) bond motifs is 1. The van der Waals surface area contributed by atoms with E-state index in [1.165, 1.54) is 12.1 Å². The number of hydrogen-bond donors (Lipinski definition) is 2. The van der Waals surface area contributed by atoms with Crippen molar-refractivity contribution in [2.45, 2.75) is 6.92 Å². The van der Waals surface area contributed by atoms with Crippen LogP contribution in [0.5, 0.6) is 0 Å². The SMILES string of the molecule is CC1=CCN(C(=O)Nc2ccc3[nH]nc(-c4ccc(F)cc4)c3c2)C=C1. The average molecular weight is 348 g/mol. The molecule has 6 heteroatoms. The zero-order valence-electron chi connectivity index (χ0n) is 14.2. The zero-order valence-corrected chi connectivity index (χ0v) is 14.2. The Balaban J connectivity index is 1.61. The molecule has 4 rings (SSSR count). The van der Waals surface area contributed by atoms with Gasteiger partial charge >= 0.3 is 6.03 Å². The summed E-state index contributed by atoms with van der Waals surface area (Å²) in [5, 5.41) is 11.0. The van der Waals surface area contributed by atoms with Gasteiger partial charge in [-0.25, -0.2) is 9.18 Å². The van der Waals surface area contributed by atoms with Crippen molar-refractivity contribution in [2.24, 2.45) is 0 Å². The molecule has 0 saturated heterocycles. The minimum Gasteiger partial charge on any atom is -0.308 e. The second-order valence-corrected chi connectivity index (χ2v) is 6.19. The quantitative estimate of drug-likeness (QED) is 0.706. The molecule has 5 nitrogen and oxygen atoms in total. The first-order chi connectivity index (χ1) is 12.6. The Morgan fingerprint density at radius 1 is 1.23 bits per heavy atom. The molecule has 2 heterocycles. The van der Waals surface area contributed by atoms with Crippen LogP contribution in [-0.2, 0) is 0 Å². The highest BCUT2D eigenvalue weighted by Crippen LogP contribution is 2.28. The maximum atomic E-state index is 13.2. The lowest BCUT2D eigenvalue weighted by molar-refractivity contribution is 0.231. The van der Waals surface area contributed by atoms with Crippen molar-refractivity contribution >= 4 is 22.6 Å². The van der Waals surface area contributed by atoms with Gasteiger partial charge in [-0.15, -0.1) is 0 Å². The van der Waals surface area contributed by atoms with Gasteiger partial charge in [0.2, 0.25) is 0 Å². The van der Waals surface area contributed by atoms with E-state index in [1.807, 2.05) is 37.3 Å². The number of H-pyrrole nitrogens is 1. The number of amides is 2. The van der Waals surface area contributed by atoms with Crippen LogP contribution in [0.1, 0.15) is 6.92 Å². The van der Waals surface area contributed by atoms with Crippen molar-refractivity contribution in [3.63, 3.8) is 0 Å². The molecule has 0 bridgehead atoms. The van der Waals surface area contributed by atoms with Crippen LogP contribution < -0.4 is 5.32 Å². The van der Waals surface area contributed by atoms with E-state index in [2.05, 4.69) is 15.5 Å². The van der Waals surface area contributed by atoms with Gasteiger partial charge in [-0.05, 0) is 55.5 Å². The Morgan fingerprint density at radius 2 is 2.04 bits per heavy atom. The second-order valence-electron chi connectivity index (χ2n) is 6.19. The summed E-state index contributed by atoms with van der Waals surface area (Å²) in [6.07, 6.45) is 5.66. The number of carbonyl (C=O) groups excluding carboxylic acids is 1. The Labute approximate surface area is 149 Å². The average Bonchev–Trinajstić information content (AvgIpc) is 3.06. The maximum absolute atomic E-state index is 13.2. The number of allylic oxidation sites excluding steroid dienone is 2. The highest BCUT2D eigenvalue weighted by atomic mass is 19.1. The summed E-state index contributed by atoms with van der Waals surface area (Å²) >= 11 is 0. The maximum Gasteiger partial charge on any atom is 0.326 e. The van der Waals surface area contributed by atoms with Crippen LogP contribution in [0.15, 0.2) is 66.4 Å². The van der Waals surface area contributed by atoms with E-state index in [9.17, 15) is 9.18 Å². The fourth-order valence-electron chi connectivity index (χ4n) is 2.84. The smallest absolute Gasteiger partial charge is 0.308 e. The molecule has 0 radical (unpaired) electrons. The number of anilines is 1. The van der Waals surface area contributed by atoms with Crippen LogP contribution in [0.25, 0.3) is 22.2 Å². The molecular formula is C20H17FN4O. The predicted octanol–water partition coefficient (Wildman–Crippen LogP) is 4.68. The van der Waals surface area contributed by atoms with Gasteiger partial charge in [-0.1, -0.05) is 11.6 Å². The number of nitrogens with one attached hydrogen (secondary N) is 2. The van der Waals surface area contributed by atoms with Crippen molar-refractivity contribution in [3.05, 3.63) is 72.2 Å². The fraction of sp³-hybridized carbons (Fsp3) is 0.100. The van der Waals surface area contributed by atoms with Gasteiger partial charge in [0.25, 0.3) is 0 Å². The standard InChI is InChI=1S/C20H17FN4O/c1-13-8-10-25(11-9-13)20(26)22-16-6-7-18-17(12-16)19(24-23-18)14-2-4-15(21)5-3-14/h2-10,12H,11H2,1H3,(H,22,26)(H,23,24). The van der Waals surface area contributed by atoms with Crippen LogP contribution in [0.4, 0.5) is 14.9 Å². The van der Waals surface area contributed by atoms with E-state index < -0.39 is 0 Å². The van der Waals surface area contributed by atoms with E-state index in [-0.39, 0.29) is 11.8 Å². The monoisotopic (exact) mass is 348 g/mol. The summed E-state index contributed by atoms with van der Waals surface area (Å²) < 4.78 is 13.2. The first kappa shape index (κ1) is 16.1. The Morgan fingerprint density at radius 3 is 2.77 bits per heavy atom. The molecule has 0 fully saturated rings. The summed E-state index contributed by atoms with van der Waals surface area (Å²) in [6.45, 7) is 2.54. The molecule has 3 aromatic rings. The van der Waals surface area contributed by atoms with Gasteiger partial charge in [0.1, 0.15) is 5.82 Å². The second kappa shape index (κ2) is 6.48. The van der Waals surface area contributed by atoms with Gasteiger partial charge in [0.05, 0.1) is 11.2 Å². The Bertz CT molecular complexity index is 1030. The van der Waals surface area contributed by atoms with E-state index in [1.54, 1.807) is 23.2 Å². The Hall–Kier alpha value is -3.41. The van der Waals surface area contributed by atoms with E-state index in [0.717, 1.165) is 22.0 Å². The molecule has 0 atom stereocenters. The van der Waals surface area contributed by atoms with Gasteiger partial charge in [0.15, 0.2) is 0 Å². The van der Waals surface area contributed by atoms with Crippen LogP contribution in [0.3, 0.4) is 0 Å². The number of benzene rings is 2. The molecule has 2 amide bonds. The molecule has 0 saturated carbocycles. The number of hydrogen-bond acceptors (Lipinski definition) is 2. The number of halogens is 1. The number of urea groups is 1. The van der Waals surface area contributed by atoms with Crippen molar-refractivity contribution < 1.29 is 9.18 Å². The molecule has 2 N–H and O–H groups in total. The van der Waals surface area contributed by atoms with Crippen LogP contribution in [0.2, 0.25) is 0 Å². The van der Waals surface area contributed by atoms with Gasteiger partial charge in [-0.2, -0.15) is 5.10 Å². The highest BCUT2D eigenvalue weighted by Gasteiger charge is 2.14. The minimum absolute atomic E-state index is 0.198. The van der Waals surface area contributed by atoms with E-state index in [0.29, 0.717) is 17.9 Å². The van der Waals surface area contributed by atoms with Crippen LogP contribution >= 0.6 is 0 Å². The molecule has 2 aromatic carbocycles. The third-order valence-corrected chi connectivity index (χ3v) is 4.32. The number of aromatic nitrogens is 2. The lowest BCUT2D eigenvalue weighted by atomic mass is 10.1.